The number of benzene rings is 1. The number of nitro groups is 1. The zero-order chi connectivity index (χ0) is 26.9. The van der Waals surface area contributed by atoms with Gasteiger partial charge in [0.1, 0.15) is 6.54 Å². The van der Waals surface area contributed by atoms with Crippen molar-refractivity contribution in [2.24, 2.45) is 0 Å². The van der Waals surface area contributed by atoms with Crippen molar-refractivity contribution in [2.75, 3.05) is 50.5 Å². The molecule has 0 unspecified atom stereocenters. The van der Waals surface area contributed by atoms with Gasteiger partial charge in [-0.3, -0.25) is 24.6 Å². The van der Waals surface area contributed by atoms with Crippen molar-refractivity contribution in [1.82, 2.24) is 19.8 Å². The number of nitrogens with two attached hydrogens (primary N) is 1. The van der Waals surface area contributed by atoms with Crippen LogP contribution in [0, 0.1) is 10.1 Å². The number of ether oxygens (including phenoxy) is 1. The van der Waals surface area contributed by atoms with E-state index in [2.05, 4.69) is 14.9 Å². The van der Waals surface area contributed by atoms with Gasteiger partial charge in [-0.05, 0) is 50.4 Å². The first-order valence-corrected chi connectivity index (χ1v) is 12.5. The van der Waals surface area contributed by atoms with Crippen LogP contribution < -0.4 is 10.6 Å². The van der Waals surface area contributed by atoms with Gasteiger partial charge in [-0.2, -0.15) is 9.97 Å². The molecular formula is C25H36ClN7O5. The molecule has 2 N–H and O–H groups in total. The molecule has 1 fully saturated rings. The summed E-state index contributed by atoms with van der Waals surface area (Å²) in [5.41, 5.74) is 7.34. The first-order valence-electron chi connectivity index (χ1n) is 12.5. The molecule has 0 bridgehead atoms. The molecule has 2 heterocycles. The highest BCUT2D eigenvalue weighted by molar-refractivity contribution is 5.92. The first kappa shape index (κ1) is 30.7. The third kappa shape index (κ3) is 7.99. The van der Waals surface area contributed by atoms with E-state index in [4.69, 9.17) is 10.5 Å². The molecule has 12 nitrogen and oxygen atoms in total. The number of carbonyl (C=O) groups excluding carboxylic acids is 2. The second-order valence-electron chi connectivity index (χ2n) is 9.05. The predicted octanol–water partition coefficient (Wildman–Crippen LogP) is 3.04. The number of aromatic nitrogens is 2. The molecule has 3 rings (SSSR count). The minimum Gasteiger partial charge on any atom is -0.465 e. The maximum Gasteiger partial charge on any atom is 0.353 e. The molecule has 1 aliphatic rings. The van der Waals surface area contributed by atoms with Crippen molar-refractivity contribution in [2.45, 2.75) is 46.2 Å². The van der Waals surface area contributed by atoms with Crippen LogP contribution >= 0.6 is 12.4 Å². The van der Waals surface area contributed by atoms with Gasteiger partial charge < -0.3 is 20.3 Å². The quantitative estimate of drug-likeness (QED) is 0.238. The van der Waals surface area contributed by atoms with Crippen LogP contribution in [0.1, 0.15) is 54.9 Å². The molecule has 13 heteroatoms. The molecule has 0 saturated carbocycles. The number of esters is 1. The standard InChI is InChI=1S/C25H35N7O5.ClH/c1-4-12-29(3)25(34)23-27-22(26)21(32(35)36)24(28-23)31(17-20(33)37-5-2)16-19-10-8-18(9-11-19)15-30-13-6-7-14-30;/h8-11H,4-7,12-17H2,1-3H3,(H2,26,27,28);1H. The van der Waals surface area contributed by atoms with Gasteiger partial charge in [0.2, 0.25) is 17.5 Å². The maximum atomic E-state index is 12.9. The summed E-state index contributed by atoms with van der Waals surface area (Å²) in [4.78, 5) is 49.9. The molecule has 1 amide bonds. The van der Waals surface area contributed by atoms with Crippen LogP contribution in [0.25, 0.3) is 0 Å². The molecule has 0 atom stereocenters. The highest BCUT2D eigenvalue weighted by Gasteiger charge is 2.31. The lowest BCUT2D eigenvalue weighted by Gasteiger charge is -2.24. The van der Waals surface area contributed by atoms with Crippen molar-refractivity contribution in [1.29, 1.82) is 0 Å². The topological polar surface area (TPSA) is 148 Å². The van der Waals surface area contributed by atoms with E-state index < -0.39 is 28.3 Å². The van der Waals surface area contributed by atoms with Gasteiger partial charge in [0.15, 0.2) is 0 Å². The third-order valence-corrected chi connectivity index (χ3v) is 6.10. The van der Waals surface area contributed by atoms with E-state index in [0.717, 1.165) is 30.8 Å². The van der Waals surface area contributed by atoms with E-state index in [9.17, 15) is 19.7 Å². The Hall–Kier alpha value is -3.51. The number of nitrogens with zero attached hydrogens (tertiary/aromatic N) is 6. The molecule has 1 aliphatic heterocycles. The number of carbonyl (C=O) groups is 2. The van der Waals surface area contributed by atoms with E-state index >= 15 is 0 Å². The number of hydrogen-bond acceptors (Lipinski definition) is 10. The van der Waals surface area contributed by atoms with Gasteiger partial charge in [-0.1, -0.05) is 31.2 Å². The maximum absolute atomic E-state index is 12.9. The highest BCUT2D eigenvalue weighted by atomic mass is 35.5. The summed E-state index contributed by atoms with van der Waals surface area (Å²) >= 11 is 0. The Balaban J connectivity index is 0.00000507. The second-order valence-corrected chi connectivity index (χ2v) is 9.05. The molecule has 1 saturated heterocycles. The molecule has 0 spiro atoms. The molecule has 2 aromatic rings. The van der Waals surface area contributed by atoms with Crippen LogP contribution in [0.4, 0.5) is 17.3 Å². The number of nitrogen functional groups attached to an aromatic ring is 1. The Kier molecular flexibility index (Phi) is 11.7. The minimum absolute atomic E-state index is 0. The first-order chi connectivity index (χ1) is 17.7. The third-order valence-electron chi connectivity index (χ3n) is 6.10. The van der Waals surface area contributed by atoms with Crippen molar-refractivity contribution < 1.29 is 19.2 Å². The smallest absolute Gasteiger partial charge is 0.353 e. The fourth-order valence-corrected chi connectivity index (χ4v) is 4.30. The fourth-order valence-electron chi connectivity index (χ4n) is 4.30. The van der Waals surface area contributed by atoms with E-state index in [1.54, 1.807) is 14.0 Å². The van der Waals surface area contributed by atoms with Crippen molar-refractivity contribution in [3.63, 3.8) is 0 Å². The minimum atomic E-state index is -0.702. The lowest BCUT2D eigenvalue weighted by atomic mass is 10.1. The van der Waals surface area contributed by atoms with E-state index in [1.807, 2.05) is 31.2 Å². The van der Waals surface area contributed by atoms with Crippen LogP contribution in [0.3, 0.4) is 0 Å². The fraction of sp³-hybridized carbons (Fsp3) is 0.520. The van der Waals surface area contributed by atoms with Crippen LogP contribution in [0.2, 0.25) is 0 Å². The van der Waals surface area contributed by atoms with E-state index in [0.29, 0.717) is 13.0 Å². The predicted molar refractivity (Wildman–Crippen MR) is 146 cm³/mol. The highest BCUT2D eigenvalue weighted by Crippen LogP contribution is 2.32. The summed E-state index contributed by atoms with van der Waals surface area (Å²) in [6, 6.07) is 7.85. The summed E-state index contributed by atoms with van der Waals surface area (Å²) in [7, 11) is 1.59. The largest absolute Gasteiger partial charge is 0.465 e. The Morgan fingerprint density at radius 2 is 1.76 bits per heavy atom. The van der Waals surface area contributed by atoms with Gasteiger partial charge in [0, 0.05) is 26.7 Å². The summed E-state index contributed by atoms with van der Waals surface area (Å²) in [5.74, 6) is -2.04. The van der Waals surface area contributed by atoms with Gasteiger partial charge in [0.05, 0.1) is 11.5 Å². The zero-order valence-corrected chi connectivity index (χ0v) is 22.9. The van der Waals surface area contributed by atoms with Crippen LogP contribution in [0.5, 0.6) is 0 Å². The summed E-state index contributed by atoms with van der Waals surface area (Å²) in [5, 5.41) is 11.9. The number of halogens is 1. The van der Waals surface area contributed by atoms with E-state index in [-0.39, 0.29) is 43.7 Å². The zero-order valence-electron chi connectivity index (χ0n) is 22.1. The normalized spacial score (nSPS) is 13.0. The van der Waals surface area contributed by atoms with Gasteiger partial charge >= 0.3 is 11.7 Å². The van der Waals surface area contributed by atoms with Gasteiger partial charge in [-0.15, -0.1) is 12.4 Å². The second kappa shape index (κ2) is 14.4. The molecule has 38 heavy (non-hydrogen) atoms. The number of likely N-dealkylation sites (tertiary alicyclic amines) is 1. The molecule has 1 aromatic carbocycles. The Labute approximate surface area is 228 Å². The monoisotopic (exact) mass is 549 g/mol. The molecule has 1 aromatic heterocycles. The number of rotatable bonds is 12. The summed E-state index contributed by atoms with van der Waals surface area (Å²) in [6.45, 7) is 7.01. The average Bonchev–Trinajstić information content (AvgIpc) is 3.37. The lowest BCUT2D eigenvalue weighted by Crippen LogP contribution is -2.34. The van der Waals surface area contributed by atoms with Crippen LogP contribution in [-0.2, 0) is 22.6 Å². The van der Waals surface area contributed by atoms with Crippen LogP contribution in [-0.4, -0.2) is 76.4 Å². The summed E-state index contributed by atoms with van der Waals surface area (Å²) in [6.07, 6.45) is 3.13. The van der Waals surface area contributed by atoms with Gasteiger partial charge in [-0.25, -0.2) is 0 Å². The molecule has 208 valence electrons. The number of hydrogen-bond donors (Lipinski definition) is 1. The SMILES string of the molecule is CCCN(C)C(=O)c1nc(N)c([N+](=O)[O-])c(N(CC(=O)OCC)Cc2ccc(CN3CCCC3)cc2)n1.Cl. The Morgan fingerprint density at radius 3 is 2.34 bits per heavy atom. The lowest BCUT2D eigenvalue weighted by molar-refractivity contribution is -0.383. The van der Waals surface area contributed by atoms with Crippen LogP contribution in [0.15, 0.2) is 24.3 Å². The van der Waals surface area contributed by atoms with Crippen molar-refractivity contribution in [3.05, 3.63) is 51.3 Å². The van der Waals surface area contributed by atoms with E-state index in [1.165, 1.54) is 22.6 Å². The average molecular weight is 550 g/mol. The van der Waals surface area contributed by atoms with Gasteiger partial charge in [0.25, 0.3) is 5.91 Å². The number of anilines is 2. The Morgan fingerprint density at radius 1 is 1.13 bits per heavy atom. The molecule has 0 radical (unpaired) electrons. The van der Waals surface area contributed by atoms with Crippen molar-refractivity contribution in [3.8, 4) is 0 Å². The summed E-state index contributed by atoms with van der Waals surface area (Å²) < 4.78 is 5.10. The molecular weight excluding hydrogens is 514 g/mol. The van der Waals surface area contributed by atoms with Crippen molar-refractivity contribution >= 4 is 41.6 Å². The Bertz CT molecular complexity index is 1110. The number of amides is 1. The molecule has 0 aliphatic carbocycles.